The highest BCUT2D eigenvalue weighted by atomic mass is 35.5. The number of amides is 1. The molecule has 27 heavy (non-hydrogen) atoms. The van der Waals surface area contributed by atoms with Crippen molar-refractivity contribution in [1.82, 2.24) is 19.7 Å². The highest BCUT2D eigenvalue weighted by Crippen LogP contribution is 2.21. The number of aromatic nitrogens is 4. The molecule has 0 aliphatic rings. The summed E-state index contributed by atoms with van der Waals surface area (Å²) in [6.07, 6.45) is 4.72. The van der Waals surface area contributed by atoms with E-state index in [9.17, 15) is 9.18 Å². The number of carbonyl (C=O) groups excluding carboxylic acids is 1. The summed E-state index contributed by atoms with van der Waals surface area (Å²) in [6, 6.07) is 4.67. The van der Waals surface area contributed by atoms with Gasteiger partial charge in [0.1, 0.15) is 11.6 Å². The molecule has 1 aromatic carbocycles. The SMILES string of the molecule is CCn1cc(Nc2ncc(C(N)=O)c(NCc3cccc(Cl)c3F)n2)cn1. The molecule has 2 aromatic heterocycles. The molecule has 8 nitrogen and oxygen atoms in total. The second kappa shape index (κ2) is 8.00. The first-order chi connectivity index (χ1) is 13.0. The fraction of sp³-hybridized carbons (Fsp3) is 0.176. The van der Waals surface area contributed by atoms with Gasteiger partial charge < -0.3 is 16.4 Å². The number of anilines is 3. The average Bonchev–Trinajstić information content (AvgIpc) is 3.10. The molecule has 0 atom stereocenters. The summed E-state index contributed by atoms with van der Waals surface area (Å²) in [5.41, 5.74) is 6.48. The molecule has 0 unspecified atom stereocenters. The minimum absolute atomic E-state index is 0.0161. The molecule has 0 radical (unpaired) electrons. The number of primary amides is 1. The van der Waals surface area contributed by atoms with Crippen molar-refractivity contribution in [3.63, 3.8) is 0 Å². The summed E-state index contributed by atoms with van der Waals surface area (Å²) in [6.45, 7) is 2.75. The fourth-order valence-corrected chi connectivity index (χ4v) is 2.55. The van der Waals surface area contributed by atoms with Crippen LogP contribution in [0.4, 0.5) is 21.8 Å². The van der Waals surface area contributed by atoms with E-state index >= 15 is 0 Å². The number of hydrogen-bond donors (Lipinski definition) is 3. The van der Waals surface area contributed by atoms with Crippen LogP contribution < -0.4 is 16.4 Å². The van der Waals surface area contributed by atoms with Crippen LogP contribution in [0, 0.1) is 5.82 Å². The first-order valence-corrected chi connectivity index (χ1v) is 8.48. The summed E-state index contributed by atoms with van der Waals surface area (Å²) < 4.78 is 15.8. The average molecular weight is 390 g/mol. The first kappa shape index (κ1) is 18.6. The Morgan fingerprint density at radius 3 is 2.89 bits per heavy atom. The normalized spacial score (nSPS) is 10.6. The minimum Gasteiger partial charge on any atom is -0.365 e. The van der Waals surface area contributed by atoms with E-state index in [2.05, 4.69) is 25.7 Å². The Kier molecular flexibility index (Phi) is 5.51. The number of aryl methyl sites for hydroxylation is 1. The number of nitrogens with one attached hydrogen (secondary N) is 2. The lowest BCUT2D eigenvalue weighted by atomic mass is 10.2. The van der Waals surface area contributed by atoms with Crippen LogP contribution in [-0.4, -0.2) is 25.7 Å². The molecule has 2 heterocycles. The van der Waals surface area contributed by atoms with Gasteiger partial charge in [-0.2, -0.15) is 10.1 Å². The molecule has 1 amide bonds. The number of nitrogens with zero attached hydrogens (tertiary/aromatic N) is 4. The van der Waals surface area contributed by atoms with Crippen LogP contribution in [0.25, 0.3) is 0 Å². The molecule has 3 aromatic rings. The summed E-state index contributed by atoms with van der Waals surface area (Å²) >= 11 is 5.79. The van der Waals surface area contributed by atoms with Crippen molar-refractivity contribution in [2.45, 2.75) is 20.0 Å². The quantitative estimate of drug-likeness (QED) is 0.573. The molecule has 0 bridgehead atoms. The van der Waals surface area contributed by atoms with E-state index in [4.69, 9.17) is 17.3 Å². The maximum Gasteiger partial charge on any atom is 0.254 e. The van der Waals surface area contributed by atoms with E-state index in [0.717, 1.165) is 6.54 Å². The number of hydrogen-bond acceptors (Lipinski definition) is 6. The third kappa shape index (κ3) is 4.32. The van der Waals surface area contributed by atoms with E-state index in [1.54, 1.807) is 29.2 Å². The van der Waals surface area contributed by atoms with Crippen LogP contribution in [0.5, 0.6) is 0 Å². The zero-order chi connectivity index (χ0) is 19.4. The van der Waals surface area contributed by atoms with Gasteiger partial charge in [-0.3, -0.25) is 9.48 Å². The summed E-state index contributed by atoms with van der Waals surface area (Å²) in [7, 11) is 0. The first-order valence-electron chi connectivity index (χ1n) is 8.11. The monoisotopic (exact) mass is 389 g/mol. The zero-order valence-corrected chi connectivity index (χ0v) is 15.2. The zero-order valence-electron chi connectivity index (χ0n) is 14.4. The van der Waals surface area contributed by atoms with Gasteiger partial charge in [0.25, 0.3) is 5.91 Å². The van der Waals surface area contributed by atoms with Gasteiger partial charge in [0.05, 0.1) is 22.5 Å². The second-order valence-corrected chi connectivity index (χ2v) is 6.00. The Hall–Kier alpha value is -3.20. The van der Waals surface area contributed by atoms with E-state index in [-0.39, 0.29) is 28.9 Å². The molecule has 4 N–H and O–H groups in total. The standard InChI is InChI=1S/C17H17ClFN7O/c1-2-26-9-11(7-23-26)24-17-22-8-12(15(20)27)16(25-17)21-6-10-4-3-5-13(18)14(10)19/h3-5,7-9H,2,6H2,1H3,(H2,20,27)(H2,21,22,24,25). The second-order valence-electron chi connectivity index (χ2n) is 5.60. The van der Waals surface area contributed by atoms with Gasteiger partial charge in [0.15, 0.2) is 0 Å². The highest BCUT2D eigenvalue weighted by molar-refractivity contribution is 6.30. The molecule has 140 valence electrons. The Balaban J connectivity index is 1.83. The molecular formula is C17H17ClFN7O. The Morgan fingerprint density at radius 1 is 1.37 bits per heavy atom. The molecular weight excluding hydrogens is 373 g/mol. The van der Waals surface area contributed by atoms with Crippen molar-refractivity contribution in [3.8, 4) is 0 Å². The van der Waals surface area contributed by atoms with Gasteiger partial charge in [-0.05, 0) is 13.0 Å². The molecule has 3 rings (SSSR count). The summed E-state index contributed by atoms with van der Waals surface area (Å²) in [4.78, 5) is 20.0. The van der Waals surface area contributed by atoms with Crippen molar-refractivity contribution in [2.75, 3.05) is 10.6 Å². The van der Waals surface area contributed by atoms with Crippen molar-refractivity contribution in [2.24, 2.45) is 5.73 Å². The van der Waals surface area contributed by atoms with Crippen LogP contribution in [0.3, 0.4) is 0 Å². The Labute approximate surface area is 159 Å². The molecule has 10 heteroatoms. The van der Waals surface area contributed by atoms with Crippen LogP contribution in [-0.2, 0) is 13.1 Å². The van der Waals surface area contributed by atoms with Crippen LogP contribution in [0.1, 0.15) is 22.8 Å². The van der Waals surface area contributed by atoms with Crippen molar-refractivity contribution >= 4 is 35.0 Å². The Bertz CT molecular complexity index is 976. The predicted octanol–water partition coefficient (Wildman–Crippen LogP) is 2.94. The largest absolute Gasteiger partial charge is 0.365 e. The highest BCUT2D eigenvalue weighted by Gasteiger charge is 2.14. The molecule has 0 aliphatic heterocycles. The van der Waals surface area contributed by atoms with Crippen LogP contribution in [0.15, 0.2) is 36.8 Å². The van der Waals surface area contributed by atoms with E-state index in [0.29, 0.717) is 11.3 Å². The van der Waals surface area contributed by atoms with Crippen molar-refractivity contribution < 1.29 is 9.18 Å². The van der Waals surface area contributed by atoms with Gasteiger partial charge in [-0.25, -0.2) is 9.37 Å². The smallest absolute Gasteiger partial charge is 0.254 e. The third-order valence-electron chi connectivity index (χ3n) is 3.75. The van der Waals surface area contributed by atoms with Gasteiger partial charge >= 0.3 is 0 Å². The molecule has 0 fully saturated rings. The summed E-state index contributed by atoms with van der Waals surface area (Å²) in [5.74, 6) is -0.812. The Morgan fingerprint density at radius 2 is 2.19 bits per heavy atom. The van der Waals surface area contributed by atoms with Gasteiger partial charge in [-0.15, -0.1) is 0 Å². The lowest BCUT2D eigenvalue weighted by Gasteiger charge is -2.11. The number of carbonyl (C=O) groups is 1. The van der Waals surface area contributed by atoms with E-state index < -0.39 is 11.7 Å². The maximum absolute atomic E-state index is 14.0. The predicted molar refractivity (Wildman–Crippen MR) is 100 cm³/mol. The lowest BCUT2D eigenvalue weighted by Crippen LogP contribution is -2.17. The lowest BCUT2D eigenvalue weighted by molar-refractivity contribution is 0.100. The minimum atomic E-state index is -0.700. The number of benzene rings is 1. The van der Waals surface area contributed by atoms with Gasteiger partial charge in [-0.1, -0.05) is 23.7 Å². The number of rotatable bonds is 7. The van der Waals surface area contributed by atoms with Gasteiger partial charge in [0.2, 0.25) is 5.95 Å². The third-order valence-corrected chi connectivity index (χ3v) is 4.04. The van der Waals surface area contributed by atoms with Crippen molar-refractivity contribution in [1.29, 1.82) is 0 Å². The van der Waals surface area contributed by atoms with Crippen molar-refractivity contribution in [3.05, 3.63) is 58.8 Å². The molecule has 0 saturated carbocycles. The van der Waals surface area contributed by atoms with E-state index in [1.165, 1.54) is 12.3 Å². The number of nitrogens with two attached hydrogens (primary N) is 1. The number of halogens is 2. The molecule has 0 spiro atoms. The summed E-state index contributed by atoms with van der Waals surface area (Å²) in [5, 5.41) is 10.1. The fourth-order valence-electron chi connectivity index (χ4n) is 2.35. The van der Waals surface area contributed by atoms with E-state index in [1.807, 2.05) is 6.92 Å². The van der Waals surface area contributed by atoms with Crippen LogP contribution >= 0.6 is 11.6 Å². The molecule has 0 saturated heterocycles. The molecule has 0 aliphatic carbocycles. The topological polar surface area (TPSA) is 111 Å². The van der Waals surface area contributed by atoms with Crippen LogP contribution in [0.2, 0.25) is 5.02 Å². The van der Waals surface area contributed by atoms with Gasteiger partial charge in [0, 0.05) is 31.0 Å². The maximum atomic E-state index is 14.0.